The Bertz CT molecular complexity index is 2610. The first-order valence-corrected chi connectivity index (χ1v) is 22.1. The highest BCUT2D eigenvalue weighted by atomic mass is 79.9. The molecule has 25 heteroatoms. The zero-order valence-electron chi connectivity index (χ0n) is 36.5. The molecular weight excluding hydrogens is 1040 g/mol. The lowest BCUT2D eigenvalue weighted by Crippen LogP contribution is -2.57. The Morgan fingerprint density at radius 1 is 0.643 bits per heavy atom. The van der Waals surface area contributed by atoms with Gasteiger partial charge in [-0.2, -0.15) is 17.6 Å². The number of likely N-dealkylation sites (tertiary alicyclic amines) is 1. The smallest absolute Gasteiger partial charge is 0.322 e. The van der Waals surface area contributed by atoms with E-state index in [9.17, 15) is 53.5 Å². The molecule has 1 saturated heterocycles. The molecular formula is C45H43BrClF10N9O4. The van der Waals surface area contributed by atoms with E-state index in [0.717, 1.165) is 12.1 Å². The number of halogens is 12. The first-order valence-electron chi connectivity index (χ1n) is 21.0. The molecule has 1 aliphatic heterocycles. The number of aromatic nitrogens is 4. The average Bonchev–Trinajstić information content (AvgIpc) is 4.02. The van der Waals surface area contributed by atoms with Crippen LogP contribution in [0, 0.1) is 11.6 Å². The van der Waals surface area contributed by atoms with Gasteiger partial charge in [-0.15, -0.1) is 32.8 Å². The topological polar surface area (TPSA) is 146 Å². The predicted molar refractivity (Wildman–Crippen MR) is 243 cm³/mol. The average molecular weight is 1080 g/mol. The van der Waals surface area contributed by atoms with Gasteiger partial charge in [-0.1, -0.05) is 64.5 Å². The van der Waals surface area contributed by atoms with Crippen LogP contribution in [0.2, 0.25) is 0 Å². The van der Waals surface area contributed by atoms with Crippen molar-refractivity contribution in [3.8, 4) is 22.9 Å². The Labute approximate surface area is 408 Å². The number of anilines is 2. The van der Waals surface area contributed by atoms with E-state index in [1.165, 1.54) is 39.0 Å². The summed E-state index contributed by atoms with van der Waals surface area (Å²) < 4.78 is 139. The maximum atomic E-state index is 14.9. The minimum absolute atomic E-state index is 0. The van der Waals surface area contributed by atoms with Gasteiger partial charge < -0.3 is 19.5 Å². The van der Waals surface area contributed by atoms with Gasteiger partial charge in [0, 0.05) is 71.4 Å². The van der Waals surface area contributed by atoms with Crippen LogP contribution in [0.15, 0.2) is 106 Å². The molecule has 2 N–H and O–H groups in total. The van der Waals surface area contributed by atoms with Gasteiger partial charge in [0.25, 0.3) is 17.7 Å². The zero-order chi connectivity index (χ0) is 49.7. The molecule has 0 radical (unpaired) electrons. The highest BCUT2D eigenvalue weighted by molar-refractivity contribution is 9.09. The number of benzene rings is 4. The van der Waals surface area contributed by atoms with Crippen LogP contribution < -0.4 is 20.4 Å². The van der Waals surface area contributed by atoms with Crippen molar-refractivity contribution in [2.45, 2.75) is 57.0 Å². The highest BCUT2D eigenvalue weighted by Crippen LogP contribution is 2.36. The summed E-state index contributed by atoms with van der Waals surface area (Å²) in [5.74, 6) is -8.46. The Kier molecular flexibility index (Phi) is 19.5. The lowest BCUT2D eigenvalue weighted by atomic mass is 9.95. The fraction of sp³-hybridized carbons (Fsp3) is 0.333. The number of nitrogens with one attached hydrogen (secondary N) is 2. The van der Waals surface area contributed by atoms with Gasteiger partial charge in [-0.25, -0.2) is 35.9 Å². The van der Waals surface area contributed by atoms with Crippen LogP contribution >= 0.6 is 28.3 Å². The van der Waals surface area contributed by atoms with Crippen LogP contribution in [-0.2, 0) is 13.1 Å². The van der Waals surface area contributed by atoms with Crippen molar-refractivity contribution in [2.75, 3.05) is 47.9 Å². The summed E-state index contributed by atoms with van der Waals surface area (Å²) in [7, 11) is 0. The summed E-state index contributed by atoms with van der Waals surface area (Å²) >= 11 is 3.24. The molecule has 1 saturated carbocycles. The van der Waals surface area contributed by atoms with E-state index in [2.05, 4.69) is 47.0 Å². The quantitative estimate of drug-likeness (QED) is 0.0758. The van der Waals surface area contributed by atoms with Crippen LogP contribution in [-0.4, -0.2) is 87.3 Å². The van der Waals surface area contributed by atoms with Crippen LogP contribution in [0.3, 0.4) is 0 Å². The van der Waals surface area contributed by atoms with Crippen molar-refractivity contribution in [1.82, 2.24) is 35.9 Å². The Hall–Kier alpha value is -6.27. The number of urea groups is 2. The summed E-state index contributed by atoms with van der Waals surface area (Å²) in [6.07, 6.45) is -4.90. The standard InChI is InChI=1S/C22H20F5N5O2.C19H16BrF3N4O2.C4H6F2.ClH/c23-17-10-14(19-29-30-20(34-19)18(24)25)6-7-15(17)11-32(16-4-2-1-3-5-16)21(33)28-8-9-31-12-22(26,27)13-31;20-8-9-24-19(28)27(14-4-2-1-3-5-14)11-13-7-6-12(10-15(13)21)17-25-26-18(29-17)16(22)23;5-4(6)2-1-3-4;/h1-7,10,18H,8-9,11-13H2,(H,28,33);1-7,10,16H,8-9,11H2,(H,24,28);1-3H2;1H. The number of alkyl halides is 9. The molecule has 70 heavy (non-hydrogen) atoms. The van der Waals surface area contributed by atoms with Gasteiger partial charge in [0.1, 0.15) is 11.6 Å². The maximum Gasteiger partial charge on any atom is 0.322 e. The van der Waals surface area contributed by atoms with E-state index in [4.69, 9.17) is 8.83 Å². The molecule has 0 atom stereocenters. The molecule has 8 rings (SSSR count). The second kappa shape index (κ2) is 25.0. The summed E-state index contributed by atoms with van der Waals surface area (Å²) in [6, 6.07) is 24.4. The molecule has 13 nitrogen and oxygen atoms in total. The van der Waals surface area contributed by atoms with Gasteiger partial charge in [0.15, 0.2) is 0 Å². The van der Waals surface area contributed by atoms with Crippen molar-refractivity contribution in [2.24, 2.45) is 0 Å². The van der Waals surface area contributed by atoms with Crippen LogP contribution in [0.5, 0.6) is 0 Å². The third-order valence-corrected chi connectivity index (χ3v) is 10.6. The van der Waals surface area contributed by atoms with E-state index in [1.807, 2.05) is 6.07 Å². The molecule has 376 valence electrons. The number of hydrogen-bond acceptors (Lipinski definition) is 9. The largest absolute Gasteiger partial charge is 0.415 e. The molecule has 0 spiro atoms. The molecule has 4 aromatic carbocycles. The predicted octanol–water partition coefficient (Wildman–Crippen LogP) is 11.6. The first-order chi connectivity index (χ1) is 32.9. The fourth-order valence-electron chi connectivity index (χ4n) is 6.49. The number of carbonyl (C=O) groups is 2. The SMILES string of the molecule is Cl.FC1(F)CCC1.O=C(NCCBr)N(Cc1ccc(-c2nnc(C(F)F)o2)cc1F)c1ccccc1.O=C(NCCN1CC(F)(F)C1)N(Cc1ccc(-c2nnc(C(F)F)o2)cc1F)c1ccccc1. The summed E-state index contributed by atoms with van der Waals surface area (Å²) in [5.41, 5.74) is 1.77. The van der Waals surface area contributed by atoms with Crippen LogP contribution in [0.4, 0.5) is 64.9 Å². The molecule has 2 fully saturated rings. The molecule has 1 aliphatic carbocycles. The number of amides is 4. The van der Waals surface area contributed by atoms with E-state index >= 15 is 0 Å². The van der Waals surface area contributed by atoms with E-state index < -0.39 is 54.1 Å². The maximum absolute atomic E-state index is 14.9. The van der Waals surface area contributed by atoms with Gasteiger partial charge in [0.2, 0.25) is 17.7 Å². The normalized spacial score (nSPS) is 14.4. The monoisotopic (exact) mass is 1080 g/mol. The summed E-state index contributed by atoms with van der Waals surface area (Å²) in [5, 5.41) is 19.4. The minimum Gasteiger partial charge on any atom is -0.415 e. The Balaban J connectivity index is 0.000000232. The van der Waals surface area contributed by atoms with Gasteiger partial charge in [0.05, 0.1) is 26.2 Å². The number of nitrogens with zero attached hydrogens (tertiary/aromatic N) is 7. The number of hydrogen-bond donors (Lipinski definition) is 2. The van der Waals surface area contributed by atoms with E-state index in [0.29, 0.717) is 29.7 Å². The Morgan fingerprint density at radius 3 is 1.39 bits per heavy atom. The molecule has 2 aromatic heterocycles. The van der Waals surface area contributed by atoms with Crippen LogP contribution in [0.25, 0.3) is 22.9 Å². The second-order valence-corrected chi connectivity index (χ2v) is 16.2. The fourth-order valence-corrected chi connectivity index (χ4v) is 6.69. The van der Waals surface area contributed by atoms with Crippen molar-refractivity contribution < 1.29 is 62.3 Å². The van der Waals surface area contributed by atoms with Crippen molar-refractivity contribution in [3.05, 3.63) is 132 Å². The molecule has 3 heterocycles. The first kappa shape index (κ1) is 54.7. The van der Waals surface area contributed by atoms with Gasteiger partial charge >= 0.3 is 24.9 Å². The lowest BCUT2D eigenvalue weighted by molar-refractivity contribution is -0.129. The third kappa shape index (κ3) is 15.4. The summed E-state index contributed by atoms with van der Waals surface area (Å²) in [6.45, 7) is -0.0517. The highest BCUT2D eigenvalue weighted by Gasteiger charge is 2.43. The zero-order valence-corrected chi connectivity index (χ0v) is 38.9. The van der Waals surface area contributed by atoms with E-state index in [1.54, 1.807) is 54.6 Å². The molecule has 0 bridgehead atoms. The number of para-hydroxylation sites is 2. The second-order valence-electron chi connectivity index (χ2n) is 15.4. The van der Waals surface area contributed by atoms with Crippen molar-refractivity contribution in [1.29, 1.82) is 0 Å². The number of rotatable bonds is 15. The van der Waals surface area contributed by atoms with Gasteiger partial charge in [-0.05, 0) is 55.0 Å². The van der Waals surface area contributed by atoms with Crippen molar-refractivity contribution in [3.63, 3.8) is 0 Å². The molecule has 0 unspecified atom stereocenters. The summed E-state index contributed by atoms with van der Waals surface area (Å²) in [4.78, 5) is 29.6. The van der Waals surface area contributed by atoms with Crippen LogP contribution in [0.1, 0.15) is 55.0 Å². The van der Waals surface area contributed by atoms with Gasteiger partial charge in [-0.3, -0.25) is 14.7 Å². The molecule has 6 aromatic rings. The molecule has 4 amide bonds. The number of carbonyl (C=O) groups excluding carboxylic acids is 2. The third-order valence-electron chi connectivity index (χ3n) is 10.2. The van der Waals surface area contributed by atoms with E-state index in [-0.39, 0.29) is 105 Å². The minimum atomic E-state index is -2.94. The van der Waals surface area contributed by atoms with Crippen molar-refractivity contribution >= 4 is 51.8 Å². The Morgan fingerprint density at radius 2 is 1.06 bits per heavy atom. The molecule has 2 aliphatic rings. The lowest BCUT2D eigenvalue weighted by Gasteiger charge is -2.38.